The minimum atomic E-state index is 0.233. The lowest BCUT2D eigenvalue weighted by Crippen LogP contribution is -2.11. The van der Waals surface area contributed by atoms with E-state index in [9.17, 15) is 0 Å². The van der Waals surface area contributed by atoms with Crippen molar-refractivity contribution in [2.24, 2.45) is 5.92 Å². The maximum atomic E-state index is 4.94. The van der Waals surface area contributed by atoms with E-state index >= 15 is 0 Å². The van der Waals surface area contributed by atoms with Crippen molar-refractivity contribution in [3.8, 4) is 39.2 Å². The second-order valence-electron chi connectivity index (χ2n) is 12.6. The Morgan fingerprint density at radius 3 is 1.77 bits per heavy atom. The lowest BCUT2D eigenvalue weighted by Gasteiger charge is -2.21. The molecular weight excluding hydrogens is 532 g/mol. The number of nitrogens with zero attached hydrogens (tertiary/aromatic N) is 2. The highest BCUT2D eigenvalue weighted by Crippen LogP contribution is 2.58. The lowest BCUT2D eigenvalue weighted by molar-refractivity contribution is 0.608. The molecule has 2 heteroatoms. The first-order valence-electron chi connectivity index (χ1n) is 15.8. The molecule has 5 aromatic carbocycles. The summed E-state index contributed by atoms with van der Waals surface area (Å²) in [5.74, 6) is 0.684. The summed E-state index contributed by atoms with van der Waals surface area (Å²) in [7, 11) is 0. The Labute approximate surface area is 259 Å². The van der Waals surface area contributed by atoms with Gasteiger partial charge < -0.3 is 4.57 Å². The van der Waals surface area contributed by atoms with E-state index in [1.165, 1.54) is 72.9 Å². The second kappa shape index (κ2) is 10.3. The van der Waals surface area contributed by atoms with Crippen molar-refractivity contribution >= 4 is 21.8 Å². The molecular formula is C42H36N2. The molecule has 0 N–H and O–H groups in total. The molecule has 8 rings (SSSR count). The van der Waals surface area contributed by atoms with Gasteiger partial charge in [-0.25, -0.2) is 0 Å². The smallest absolute Gasteiger partial charge is 0.0705 e. The van der Waals surface area contributed by atoms with E-state index in [0.29, 0.717) is 5.92 Å². The highest BCUT2D eigenvalue weighted by molar-refractivity contribution is 6.11. The zero-order valence-corrected chi connectivity index (χ0v) is 25.6. The first kappa shape index (κ1) is 26.7. The van der Waals surface area contributed by atoms with Crippen LogP contribution in [0.3, 0.4) is 0 Å². The first-order valence-corrected chi connectivity index (χ1v) is 15.8. The van der Waals surface area contributed by atoms with Gasteiger partial charge in [0.25, 0.3) is 0 Å². The van der Waals surface area contributed by atoms with Gasteiger partial charge in [-0.3, -0.25) is 4.98 Å². The molecule has 0 radical (unpaired) electrons. The molecule has 0 aliphatic heterocycles. The molecule has 44 heavy (non-hydrogen) atoms. The van der Waals surface area contributed by atoms with Gasteiger partial charge in [-0.2, -0.15) is 0 Å². The van der Waals surface area contributed by atoms with E-state index in [4.69, 9.17) is 4.98 Å². The third-order valence-corrected chi connectivity index (χ3v) is 10.0. The van der Waals surface area contributed by atoms with Crippen LogP contribution in [0.5, 0.6) is 0 Å². The normalized spacial score (nSPS) is 17.8. The number of hydrogen-bond donors (Lipinski definition) is 0. The summed E-state index contributed by atoms with van der Waals surface area (Å²) in [6.07, 6.45) is 4.38. The molecule has 2 heterocycles. The van der Waals surface area contributed by atoms with Crippen molar-refractivity contribution in [2.45, 2.75) is 39.0 Å². The van der Waals surface area contributed by atoms with Crippen LogP contribution in [0, 0.1) is 12.8 Å². The second-order valence-corrected chi connectivity index (χ2v) is 12.6. The number of pyridine rings is 1. The summed E-state index contributed by atoms with van der Waals surface area (Å²) >= 11 is 0. The van der Waals surface area contributed by atoms with Gasteiger partial charge >= 0.3 is 0 Å². The van der Waals surface area contributed by atoms with Crippen LogP contribution in [-0.4, -0.2) is 9.55 Å². The zero-order chi connectivity index (χ0) is 29.8. The zero-order valence-electron chi connectivity index (χ0n) is 25.6. The van der Waals surface area contributed by atoms with Crippen LogP contribution in [-0.2, 0) is 5.41 Å². The summed E-state index contributed by atoms with van der Waals surface area (Å²) in [6.45, 7) is 6.84. The molecule has 7 aromatic rings. The van der Waals surface area contributed by atoms with Gasteiger partial charge in [0.2, 0.25) is 0 Å². The SMILES string of the molecule is CCC1(c2ccc(-n3c4ccc(-c5ccccc5)cc4c4cc(-c5ccccc5)ccc43)cc2-c2ccc(C)cn2)CC1C. The van der Waals surface area contributed by atoms with E-state index in [-0.39, 0.29) is 5.41 Å². The summed E-state index contributed by atoms with van der Waals surface area (Å²) in [5, 5.41) is 2.53. The first-order chi connectivity index (χ1) is 21.6. The molecule has 0 saturated heterocycles. The fourth-order valence-electron chi connectivity index (χ4n) is 7.41. The highest BCUT2D eigenvalue weighted by Gasteiger charge is 2.51. The Kier molecular flexibility index (Phi) is 6.27. The van der Waals surface area contributed by atoms with E-state index in [1.54, 1.807) is 0 Å². The maximum Gasteiger partial charge on any atom is 0.0705 e. The van der Waals surface area contributed by atoms with Gasteiger partial charge in [0.05, 0.1) is 16.7 Å². The van der Waals surface area contributed by atoms with E-state index < -0.39 is 0 Å². The Bertz CT molecular complexity index is 2040. The molecule has 2 aromatic heterocycles. The monoisotopic (exact) mass is 568 g/mol. The largest absolute Gasteiger partial charge is 0.309 e. The molecule has 0 spiro atoms. The highest BCUT2D eigenvalue weighted by atomic mass is 15.0. The van der Waals surface area contributed by atoms with Crippen LogP contribution in [0.25, 0.3) is 61.0 Å². The van der Waals surface area contributed by atoms with Crippen LogP contribution in [0.15, 0.2) is 134 Å². The maximum absolute atomic E-state index is 4.94. The van der Waals surface area contributed by atoms with Gasteiger partial charge in [0.1, 0.15) is 0 Å². The minimum Gasteiger partial charge on any atom is -0.309 e. The van der Waals surface area contributed by atoms with E-state index in [0.717, 1.165) is 12.1 Å². The fourth-order valence-corrected chi connectivity index (χ4v) is 7.41. The summed E-state index contributed by atoms with van der Waals surface area (Å²) in [5.41, 5.74) is 13.7. The standard InChI is InChI=1S/C42H36N2/c1-4-42(26-29(42)3)38-19-18-34(25-37(38)39-20-15-28(2)27-43-39)44-40-21-16-32(30-11-7-5-8-12-30)23-35(40)36-24-33(17-22-41(36)44)31-13-9-6-10-14-31/h5-25,27,29H,4,26H2,1-3H3. The van der Waals surface area contributed by atoms with E-state index in [1.807, 2.05) is 6.20 Å². The number of rotatable bonds is 6. The molecule has 1 aliphatic rings. The van der Waals surface area contributed by atoms with Crippen LogP contribution in [0.1, 0.15) is 37.8 Å². The van der Waals surface area contributed by atoms with Gasteiger partial charge in [-0.15, -0.1) is 0 Å². The molecule has 2 unspecified atom stereocenters. The molecule has 2 nitrogen and oxygen atoms in total. The predicted octanol–water partition coefficient (Wildman–Crippen LogP) is 11.2. The molecule has 1 fully saturated rings. The van der Waals surface area contributed by atoms with Crippen molar-refractivity contribution < 1.29 is 0 Å². The number of aromatic nitrogens is 2. The van der Waals surface area contributed by atoms with Crippen LogP contribution < -0.4 is 0 Å². The molecule has 0 amide bonds. The third-order valence-electron chi connectivity index (χ3n) is 10.0. The van der Waals surface area contributed by atoms with Gasteiger partial charge in [0.15, 0.2) is 0 Å². The molecule has 0 bridgehead atoms. The van der Waals surface area contributed by atoms with Crippen molar-refractivity contribution in [2.75, 3.05) is 0 Å². The average molecular weight is 569 g/mol. The number of fused-ring (bicyclic) bond motifs is 3. The van der Waals surface area contributed by atoms with Crippen LogP contribution in [0.2, 0.25) is 0 Å². The summed E-state index contributed by atoms with van der Waals surface area (Å²) in [6, 6.07) is 46.7. The Hall–Kier alpha value is -4.95. The molecule has 2 atom stereocenters. The van der Waals surface area contributed by atoms with Crippen molar-refractivity contribution in [3.05, 3.63) is 145 Å². The third kappa shape index (κ3) is 4.28. The van der Waals surface area contributed by atoms with Gasteiger partial charge in [0, 0.05) is 28.2 Å². The quantitative estimate of drug-likeness (QED) is 0.195. The lowest BCUT2D eigenvalue weighted by atomic mass is 9.85. The Balaban J connectivity index is 1.39. The van der Waals surface area contributed by atoms with E-state index in [2.05, 4.69) is 153 Å². The molecule has 214 valence electrons. The summed E-state index contributed by atoms with van der Waals surface area (Å²) in [4.78, 5) is 4.94. The van der Waals surface area contributed by atoms with Crippen molar-refractivity contribution in [1.82, 2.24) is 9.55 Å². The average Bonchev–Trinajstić information content (AvgIpc) is 3.65. The van der Waals surface area contributed by atoms with Gasteiger partial charge in [-0.1, -0.05) is 98.8 Å². The fraction of sp³-hybridized carbons (Fsp3) is 0.167. The topological polar surface area (TPSA) is 17.8 Å². The van der Waals surface area contributed by atoms with Crippen molar-refractivity contribution in [1.29, 1.82) is 0 Å². The molecule has 1 saturated carbocycles. The predicted molar refractivity (Wildman–Crippen MR) is 185 cm³/mol. The van der Waals surface area contributed by atoms with Crippen molar-refractivity contribution in [3.63, 3.8) is 0 Å². The minimum absolute atomic E-state index is 0.233. The van der Waals surface area contributed by atoms with Crippen LogP contribution >= 0.6 is 0 Å². The Morgan fingerprint density at radius 1 is 0.682 bits per heavy atom. The number of aryl methyl sites for hydroxylation is 1. The van der Waals surface area contributed by atoms with Crippen LogP contribution in [0.4, 0.5) is 0 Å². The van der Waals surface area contributed by atoms with Gasteiger partial charge in [-0.05, 0) is 107 Å². The Morgan fingerprint density at radius 2 is 1.27 bits per heavy atom. The number of hydrogen-bond acceptors (Lipinski definition) is 1. The number of benzene rings is 5. The summed E-state index contributed by atoms with van der Waals surface area (Å²) < 4.78 is 2.45. The molecule has 1 aliphatic carbocycles.